The van der Waals surface area contributed by atoms with Gasteiger partial charge < -0.3 is 18.6 Å². The molecule has 7 heteroatoms. The molecule has 4 rings (SSSR count). The number of benzene rings is 1. The molecule has 1 atom stereocenters. The Morgan fingerprint density at radius 3 is 2.88 bits per heavy atom. The van der Waals surface area contributed by atoms with Gasteiger partial charge in [-0.15, -0.1) is 0 Å². The fraction of sp³-hybridized carbons (Fsp3) is 0.294. The zero-order valence-corrected chi connectivity index (χ0v) is 12.9. The first-order valence-corrected chi connectivity index (χ1v) is 7.75. The van der Waals surface area contributed by atoms with E-state index in [9.17, 15) is 4.39 Å². The summed E-state index contributed by atoms with van der Waals surface area (Å²) in [5.74, 6) is 1.56. The summed E-state index contributed by atoms with van der Waals surface area (Å²) in [6.45, 7) is 1.85. The van der Waals surface area contributed by atoms with Crippen molar-refractivity contribution in [3.05, 3.63) is 65.7 Å². The first kappa shape index (κ1) is 14.9. The summed E-state index contributed by atoms with van der Waals surface area (Å²) >= 11 is 0. The Morgan fingerprint density at radius 2 is 2.08 bits per heavy atom. The Hall–Kier alpha value is -2.67. The van der Waals surface area contributed by atoms with Gasteiger partial charge in [0.25, 0.3) is 5.95 Å². The Morgan fingerprint density at radius 1 is 1.21 bits per heavy atom. The average molecular weight is 329 g/mol. The number of furan rings is 1. The van der Waals surface area contributed by atoms with Gasteiger partial charge in [-0.3, -0.25) is 0 Å². The summed E-state index contributed by atoms with van der Waals surface area (Å²) in [5.41, 5.74) is 0.919. The van der Waals surface area contributed by atoms with Crippen LogP contribution in [0.4, 0.5) is 10.3 Å². The highest BCUT2D eigenvalue weighted by molar-refractivity contribution is 5.30. The molecule has 1 saturated heterocycles. The molecule has 0 amide bonds. The maximum Gasteiger partial charge on any atom is 0.266 e. The molecule has 0 radical (unpaired) electrons. The normalized spacial score (nSPS) is 18.0. The molecule has 0 spiro atoms. The van der Waals surface area contributed by atoms with Crippen LogP contribution >= 0.6 is 0 Å². The van der Waals surface area contributed by atoms with Crippen LogP contribution in [0.25, 0.3) is 0 Å². The van der Waals surface area contributed by atoms with E-state index in [-0.39, 0.29) is 11.9 Å². The zero-order valence-electron chi connectivity index (χ0n) is 12.9. The van der Waals surface area contributed by atoms with Crippen molar-refractivity contribution in [1.82, 2.24) is 10.1 Å². The average Bonchev–Trinajstić information content (AvgIpc) is 3.29. The van der Waals surface area contributed by atoms with E-state index in [0.29, 0.717) is 38.0 Å². The van der Waals surface area contributed by atoms with Crippen molar-refractivity contribution in [2.45, 2.75) is 12.5 Å². The molecule has 1 fully saturated rings. The molecule has 1 aliphatic rings. The molecule has 3 heterocycles. The van der Waals surface area contributed by atoms with Crippen molar-refractivity contribution in [2.75, 3.05) is 24.6 Å². The maximum atomic E-state index is 12.9. The van der Waals surface area contributed by atoms with Crippen LogP contribution < -0.4 is 4.90 Å². The molecule has 1 unspecified atom stereocenters. The van der Waals surface area contributed by atoms with Crippen LogP contribution in [0, 0.1) is 5.82 Å². The minimum Gasteiger partial charge on any atom is -0.467 e. The van der Waals surface area contributed by atoms with E-state index in [1.54, 1.807) is 18.4 Å². The molecule has 0 saturated carbocycles. The largest absolute Gasteiger partial charge is 0.467 e. The van der Waals surface area contributed by atoms with Gasteiger partial charge in [-0.05, 0) is 35.0 Å². The highest BCUT2D eigenvalue weighted by Crippen LogP contribution is 2.25. The number of hydrogen-bond acceptors (Lipinski definition) is 6. The first-order valence-electron chi connectivity index (χ1n) is 7.75. The minimum absolute atomic E-state index is 0.146. The van der Waals surface area contributed by atoms with Crippen molar-refractivity contribution >= 4 is 5.95 Å². The van der Waals surface area contributed by atoms with Gasteiger partial charge in [-0.1, -0.05) is 12.1 Å². The minimum atomic E-state index is -0.262. The van der Waals surface area contributed by atoms with E-state index in [1.807, 2.05) is 17.0 Å². The number of nitrogens with zero attached hydrogens (tertiary/aromatic N) is 3. The summed E-state index contributed by atoms with van der Waals surface area (Å²) in [5, 5.41) is 4.05. The van der Waals surface area contributed by atoms with Gasteiger partial charge in [-0.25, -0.2) is 4.39 Å². The monoisotopic (exact) mass is 329 g/mol. The molecule has 1 aliphatic heterocycles. The Labute approximate surface area is 137 Å². The predicted octanol–water partition coefficient (Wildman–Crippen LogP) is 2.97. The first-order chi connectivity index (χ1) is 11.8. The SMILES string of the molecule is Fc1ccc(Cc2nc(N3CCOC(c4ccco4)C3)no2)cc1. The van der Waals surface area contributed by atoms with E-state index in [0.717, 1.165) is 11.3 Å². The van der Waals surface area contributed by atoms with Crippen molar-refractivity contribution in [2.24, 2.45) is 0 Å². The van der Waals surface area contributed by atoms with Gasteiger partial charge >= 0.3 is 0 Å². The Bertz CT molecular complexity index is 786. The third-order valence-electron chi connectivity index (χ3n) is 3.94. The number of rotatable bonds is 4. The topological polar surface area (TPSA) is 64.5 Å². The lowest BCUT2D eigenvalue weighted by Gasteiger charge is -2.30. The summed E-state index contributed by atoms with van der Waals surface area (Å²) in [7, 11) is 0. The summed E-state index contributed by atoms with van der Waals surface area (Å²) in [4.78, 5) is 6.44. The number of hydrogen-bond donors (Lipinski definition) is 0. The lowest BCUT2D eigenvalue weighted by molar-refractivity contribution is 0.0251. The third-order valence-corrected chi connectivity index (χ3v) is 3.94. The second-order valence-electron chi connectivity index (χ2n) is 5.61. The quantitative estimate of drug-likeness (QED) is 0.733. The number of halogens is 1. The van der Waals surface area contributed by atoms with Crippen molar-refractivity contribution in [1.29, 1.82) is 0 Å². The van der Waals surface area contributed by atoms with Gasteiger partial charge in [0, 0.05) is 6.54 Å². The molecular weight excluding hydrogens is 313 g/mol. The van der Waals surface area contributed by atoms with E-state index < -0.39 is 0 Å². The molecule has 6 nitrogen and oxygen atoms in total. The van der Waals surface area contributed by atoms with Gasteiger partial charge in [-0.2, -0.15) is 4.98 Å². The molecule has 0 aliphatic carbocycles. The second kappa shape index (κ2) is 6.45. The van der Waals surface area contributed by atoms with Gasteiger partial charge in [0.2, 0.25) is 5.89 Å². The maximum absolute atomic E-state index is 12.9. The van der Waals surface area contributed by atoms with Crippen LogP contribution in [0.1, 0.15) is 23.3 Å². The van der Waals surface area contributed by atoms with Crippen LogP contribution in [-0.4, -0.2) is 29.8 Å². The molecule has 0 bridgehead atoms. The molecule has 0 N–H and O–H groups in total. The van der Waals surface area contributed by atoms with Crippen LogP contribution in [-0.2, 0) is 11.2 Å². The zero-order chi connectivity index (χ0) is 16.4. The van der Waals surface area contributed by atoms with Crippen LogP contribution in [0.3, 0.4) is 0 Å². The standard InChI is InChI=1S/C17H16FN3O3/c18-13-5-3-12(4-6-13)10-16-19-17(20-24-16)21-7-9-23-15(11-21)14-2-1-8-22-14/h1-6,8,15H,7,9-11H2. The van der Waals surface area contributed by atoms with Crippen molar-refractivity contribution < 1.29 is 18.1 Å². The number of ether oxygens (including phenoxy) is 1. The van der Waals surface area contributed by atoms with Gasteiger partial charge in [0.15, 0.2) is 0 Å². The van der Waals surface area contributed by atoms with Crippen LogP contribution in [0.2, 0.25) is 0 Å². The highest BCUT2D eigenvalue weighted by atomic mass is 19.1. The Kier molecular flexibility index (Phi) is 4.00. The molecule has 124 valence electrons. The van der Waals surface area contributed by atoms with E-state index >= 15 is 0 Å². The van der Waals surface area contributed by atoms with Crippen molar-refractivity contribution in [3.63, 3.8) is 0 Å². The van der Waals surface area contributed by atoms with Gasteiger partial charge in [0.05, 0.1) is 25.8 Å². The van der Waals surface area contributed by atoms with E-state index in [4.69, 9.17) is 13.7 Å². The third kappa shape index (κ3) is 3.16. The molecule has 2 aromatic heterocycles. The van der Waals surface area contributed by atoms with E-state index in [2.05, 4.69) is 10.1 Å². The number of anilines is 1. The number of morpholine rings is 1. The summed E-state index contributed by atoms with van der Waals surface area (Å²) < 4.78 is 29.4. The smallest absolute Gasteiger partial charge is 0.266 e. The molecule has 1 aromatic carbocycles. The van der Waals surface area contributed by atoms with Crippen molar-refractivity contribution in [3.8, 4) is 0 Å². The Balaban J connectivity index is 1.45. The molecule has 24 heavy (non-hydrogen) atoms. The predicted molar refractivity (Wildman–Crippen MR) is 83.1 cm³/mol. The van der Waals surface area contributed by atoms with Gasteiger partial charge in [0.1, 0.15) is 17.7 Å². The van der Waals surface area contributed by atoms with E-state index in [1.165, 1.54) is 12.1 Å². The second-order valence-corrected chi connectivity index (χ2v) is 5.61. The lowest BCUT2D eigenvalue weighted by atomic mass is 10.1. The number of aromatic nitrogens is 2. The lowest BCUT2D eigenvalue weighted by Crippen LogP contribution is -2.38. The summed E-state index contributed by atoms with van der Waals surface area (Å²) in [6, 6.07) is 9.99. The fourth-order valence-electron chi connectivity index (χ4n) is 2.70. The van der Waals surface area contributed by atoms with Crippen LogP contribution in [0.15, 0.2) is 51.6 Å². The molecule has 3 aromatic rings. The summed E-state index contributed by atoms with van der Waals surface area (Å²) in [6.07, 6.45) is 1.96. The molecular formula is C17H16FN3O3. The fourth-order valence-corrected chi connectivity index (χ4v) is 2.70. The highest BCUT2D eigenvalue weighted by Gasteiger charge is 2.26. The van der Waals surface area contributed by atoms with Crippen LogP contribution in [0.5, 0.6) is 0 Å².